The Balaban J connectivity index is 2.07. The molecule has 2 aromatic rings. The maximum atomic E-state index is 12.3. The Hall–Kier alpha value is -3.42. The number of amides is 2. The van der Waals surface area contributed by atoms with Crippen LogP contribution in [0.1, 0.15) is 22.8 Å². The van der Waals surface area contributed by atoms with Crippen LogP contribution in [0, 0.1) is 17.0 Å². The van der Waals surface area contributed by atoms with Gasteiger partial charge in [-0.05, 0) is 37.6 Å². The molecule has 0 saturated carbocycles. The van der Waals surface area contributed by atoms with E-state index in [1.807, 2.05) is 13.0 Å². The molecule has 0 aliphatic heterocycles. The first kappa shape index (κ1) is 18.9. The Morgan fingerprint density at radius 3 is 2.58 bits per heavy atom. The van der Waals surface area contributed by atoms with Gasteiger partial charge in [-0.2, -0.15) is 0 Å². The van der Waals surface area contributed by atoms with Crippen LogP contribution in [0.15, 0.2) is 42.5 Å². The Labute approximate surface area is 150 Å². The molecule has 8 heteroatoms. The van der Waals surface area contributed by atoms with E-state index in [1.165, 1.54) is 32.2 Å². The summed E-state index contributed by atoms with van der Waals surface area (Å²) in [5.41, 5.74) is 1.34. The highest BCUT2D eigenvalue weighted by Gasteiger charge is 2.19. The monoisotopic (exact) mass is 357 g/mol. The van der Waals surface area contributed by atoms with E-state index in [0.29, 0.717) is 11.4 Å². The number of hydrogen-bond acceptors (Lipinski definition) is 5. The van der Waals surface area contributed by atoms with E-state index in [4.69, 9.17) is 4.74 Å². The van der Waals surface area contributed by atoms with E-state index in [0.717, 1.165) is 11.6 Å². The molecule has 2 N–H and O–H groups in total. The Kier molecular flexibility index (Phi) is 5.90. The van der Waals surface area contributed by atoms with Crippen LogP contribution in [0.5, 0.6) is 5.75 Å². The summed E-state index contributed by atoms with van der Waals surface area (Å²) >= 11 is 0. The fourth-order valence-corrected chi connectivity index (χ4v) is 2.27. The van der Waals surface area contributed by atoms with Crippen molar-refractivity contribution in [1.29, 1.82) is 0 Å². The highest BCUT2D eigenvalue weighted by molar-refractivity contribution is 6.01. The largest absolute Gasteiger partial charge is 0.495 e. The molecule has 0 radical (unpaired) electrons. The molecule has 0 aliphatic rings. The van der Waals surface area contributed by atoms with Crippen LogP contribution in [-0.4, -0.2) is 29.9 Å². The molecule has 1 atom stereocenters. The number of non-ortho nitro benzene ring substituents is 1. The lowest BCUT2D eigenvalue weighted by atomic mass is 10.1. The Bertz CT molecular complexity index is 850. The number of carbonyl (C=O) groups is 2. The first-order chi connectivity index (χ1) is 12.3. The van der Waals surface area contributed by atoms with Gasteiger partial charge in [-0.25, -0.2) is 0 Å². The van der Waals surface area contributed by atoms with Crippen molar-refractivity contribution in [3.05, 3.63) is 63.7 Å². The second-order valence-electron chi connectivity index (χ2n) is 5.70. The lowest BCUT2D eigenvalue weighted by Gasteiger charge is -2.16. The van der Waals surface area contributed by atoms with Crippen molar-refractivity contribution in [2.75, 3.05) is 12.4 Å². The number of methoxy groups -OCH3 is 1. The summed E-state index contributed by atoms with van der Waals surface area (Å²) in [6.07, 6.45) is 0. The zero-order chi connectivity index (χ0) is 19.3. The highest BCUT2D eigenvalue weighted by atomic mass is 16.6. The third-order valence-corrected chi connectivity index (χ3v) is 3.67. The molecule has 26 heavy (non-hydrogen) atoms. The minimum absolute atomic E-state index is 0.104. The van der Waals surface area contributed by atoms with Gasteiger partial charge in [0.1, 0.15) is 11.8 Å². The van der Waals surface area contributed by atoms with Gasteiger partial charge in [-0.3, -0.25) is 19.7 Å². The van der Waals surface area contributed by atoms with Gasteiger partial charge in [0, 0.05) is 17.7 Å². The molecule has 0 aromatic heterocycles. The van der Waals surface area contributed by atoms with Crippen molar-refractivity contribution in [2.45, 2.75) is 19.9 Å². The quantitative estimate of drug-likeness (QED) is 0.610. The van der Waals surface area contributed by atoms with E-state index < -0.39 is 22.8 Å². The molecule has 0 bridgehead atoms. The van der Waals surface area contributed by atoms with Crippen LogP contribution in [-0.2, 0) is 4.79 Å². The maximum absolute atomic E-state index is 12.3. The van der Waals surface area contributed by atoms with Crippen LogP contribution in [0.3, 0.4) is 0 Å². The molecular weight excluding hydrogens is 338 g/mol. The molecule has 0 spiro atoms. The van der Waals surface area contributed by atoms with Gasteiger partial charge in [-0.1, -0.05) is 12.1 Å². The molecule has 2 rings (SSSR count). The van der Waals surface area contributed by atoms with E-state index >= 15 is 0 Å². The number of ether oxygens (including phenoxy) is 1. The summed E-state index contributed by atoms with van der Waals surface area (Å²) in [6, 6.07) is 9.78. The number of nitrogens with one attached hydrogen (secondary N) is 2. The number of nitrogens with zero attached hydrogens (tertiary/aromatic N) is 1. The first-order valence-electron chi connectivity index (χ1n) is 7.82. The maximum Gasteiger partial charge on any atom is 0.270 e. The van der Waals surface area contributed by atoms with Gasteiger partial charge in [0.05, 0.1) is 17.7 Å². The van der Waals surface area contributed by atoms with Gasteiger partial charge >= 0.3 is 0 Å². The molecule has 136 valence electrons. The lowest BCUT2D eigenvalue weighted by Crippen LogP contribution is -2.41. The number of aryl methyl sites for hydroxylation is 1. The van der Waals surface area contributed by atoms with Crippen molar-refractivity contribution >= 4 is 23.2 Å². The smallest absolute Gasteiger partial charge is 0.270 e. The Morgan fingerprint density at radius 1 is 1.19 bits per heavy atom. The average molecular weight is 357 g/mol. The van der Waals surface area contributed by atoms with E-state index in [1.54, 1.807) is 12.1 Å². The fraction of sp³-hybridized carbons (Fsp3) is 0.222. The normalized spacial score (nSPS) is 11.3. The molecule has 2 aromatic carbocycles. The number of rotatable bonds is 6. The van der Waals surface area contributed by atoms with Crippen molar-refractivity contribution in [3.8, 4) is 5.75 Å². The lowest BCUT2D eigenvalue weighted by molar-refractivity contribution is -0.384. The van der Waals surface area contributed by atoms with Crippen LogP contribution in [0.25, 0.3) is 0 Å². The van der Waals surface area contributed by atoms with Crippen molar-refractivity contribution < 1.29 is 19.2 Å². The van der Waals surface area contributed by atoms with Gasteiger partial charge < -0.3 is 15.4 Å². The van der Waals surface area contributed by atoms with E-state index in [-0.39, 0.29) is 11.3 Å². The van der Waals surface area contributed by atoms with Crippen molar-refractivity contribution in [2.24, 2.45) is 0 Å². The molecular formula is C18H19N3O5. The summed E-state index contributed by atoms with van der Waals surface area (Å²) in [4.78, 5) is 34.8. The molecule has 8 nitrogen and oxygen atoms in total. The predicted molar refractivity (Wildman–Crippen MR) is 96.4 cm³/mol. The predicted octanol–water partition coefficient (Wildman–Crippen LogP) is 2.67. The summed E-state index contributed by atoms with van der Waals surface area (Å²) in [7, 11) is 1.49. The van der Waals surface area contributed by atoms with Crippen LogP contribution >= 0.6 is 0 Å². The second kappa shape index (κ2) is 8.11. The number of nitro groups is 1. The third-order valence-electron chi connectivity index (χ3n) is 3.67. The molecule has 0 fully saturated rings. The zero-order valence-electron chi connectivity index (χ0n) is 14.6. The molecule has 0 aliphatic carbocycles. The van der Waals surface area contributed by atoms with Crippen molar-refractivity contribution in [3.63, 3.8) is 0 Å². The third kappa shape index (κ3) is 4.56. The van der Waals surface area contributed by atoms with Gasteiger partial charge in [0.25, 0.3) is 11.6 Å². The summed E-state index contributed by atoms with van der Waals surface area (Å²) in [5, 5.41) is 16.0. The summed E-state index contributed by atoms with van der Waals surface area (Å²) in [5.74, 6) is -0.513. The number of nitro benzene ring substituents is 1. The first-order valence-corrected chi connectivity index (χ1v) is 7.82. The van der Waals surface area contributed by atoms with Crippen molar-refractivity contribution in [1.82, 2.24) is 5.32 Å². The fourth-order valence-electron chi connectivity index (χ4n) is 2.27. The van der Waals surface area contributed by atoms with Crippen LogP contribution in [0.4, 0.5) is 11.4 Å². The summed E-state index contributed by atoms with van der Waals surface area (Å²) in [6.45, 7) is 3.40. The van der Waals surface area contributed by atoms with E-state index in [9.17, 15) is 19.7 Å². The van der Waals surface area contributed by atoms with Crippen LogP contribution in [0.2, 0.25) is 0 Å². The number of carbonyl (C=O) groups excluding carboxylic acids is 2. The SMILES string of the molecule is COc1ccc(C)cc1NC(=O)[C@H](C)NC(=O)c1cccc([N+](=O)[O-])c1. The molecule has 0 saturated heterocycles. The van der Waals surface area contributed by atoms with E-state index in [2.05, 4.69) is 10.6 Å². The average Bonchev–Trinajstić information content (AvgIpc) is 2.61. The van der Waals surface area contributed by atoms with Gasteiger partial charge in [0.15, 0.2) is 0 Å². The number of hydrogen-bond donors (Lipinski definition) is 2. The molecule has 0 unspecified atom stereocenters. The number of benzene rings is 2. The highest BCUT2D eigenvalue weighted by Crippen LogP contribution is 2.25. The summed E-state index contributed by atoms with van der Waals surface area (Å²) < 4.78 is 5.20. The van der Waals surface area contributed by atoms with Gasteiger partial charge in [-0.15, -0.1) is 0 Å². The zero-order valence-corrected chi connectivity index (χ0v) is 14.6. The topological polar surface area (TPSA) is 111 Å². The number of anilines is 1. The molecule has 0 heterocycles. The minimum atomic E-state index is -0.855. The molecule has 2 amide bonds. The Morgan fingerprint density at radius 2 is 1.92 bits per heavy atom. The van der Waals surface area contributed by atoms with Gasteiger partial charge in [0.2, 0.25) is 5.91 Å². The standard InChI is InChI=1S/C18H19N3O5/c1-11-7-8-16(26-3)15(9-11)20-17(22)12(2)19-18(23)13-5-4-6-14(10-13)21(24)25/h4-10,12H,1-3H3,(H,19,23)(H,20,22)/t12-/m0/s1. The minimum Gasteiger partial charge on any atom is -0.495 e. The second-order valence-corrected chi connectivity index (χ2v) is 5.70. The van der Waals surface area contributed by atoms with Crippen LogP contribution < -0.4 is 15.4 Å².